The summed E-state index contributed by atoms with van der Waals surface area (Å²) in [7, 11) is 0. The topological polar surface area (TPSA) is 41.6 Å². The molecule has 1 amide bonds. The van der Waals surface area contributed by atoms with Crippen LogP contribution in [0.5, 0.6) is 0 Å². The average Bonchev–Trinajstić information content (AvgIpc) is 2.79. The van der Waals surface area contributed by atoms with Gasteiger partial charge < -0.3 is 15.0 Å². The summed E-state index contributed by atoms with van der Waals surface area (Å²) in [4.78, 5) is 14.8. The zero-order valence-electron chi connectivity index (χ0n) is 16.5. The summed E-state index contributed by atoms with van der Waals surface area (Å²) in [6.45, 7) is 4.00. The number of hydrogen-bond acceptors (Lipinski definition) is 3. The predicted molar refractivity (Wildman–Crippen MR) is 113 cm³/mol. The van der Waals surface area contributed by atoms with Crippen molar-refractivity contribution < 1.29 is 9.53 Å². The minimum atomic E-state index is -0.00699. The number of ether oxygens (including phenoxy) is 1. The second-order valence-electron chi connectivity index (χ2n) is 7.91. The lowest BCUT2D eigenvalue weighted by Crippen LogP contribution is -2.36. The summed E-state index contributed by atoms with van der Waals surface area (Å²) in [5.74, 6) is 0.670. The highest BCUT2D eigenvalue weighted by Crippen LogP contribution is 2.32. The van der Waals surface area contributed by atoms with Crippen LogP contribution in [0.3, 0.4) is 0 Å². The minimum Gasteiger partial charge on any atom is -0.378 e. The van der Waals surface area contributed by atoms with Gasteiger partial charge in [0.2, 0.25) is 0 Å². The highest BCUT2D eigenvalue weighted by Gasteiger charge is 2.16. The van der Waals surface area contributed by atoms with E-state index in [4.69, 9.17) is 4.74 Å². The molecule has 28 heavy (non-hydrogen) atoms. The van der Waals surface area contributed by atoms with Crippen molar-refractivity contribution in [3.8, 4) is 0 Å². The van der Waals surface area contributed by atoms with Gasteiger partial charge in [0.25, 0.3) is 5.91 Å². The van der Waals surface area contributed by atoms with Crippen molar-refractivity contribution in [3.05, 3.63) is 65.2 Å². The number of nitrogens with one attached hydrogen (secondary N) is 1. The minimum absolute atomic E-state index is 0.00699. The highest BCUT2D eigenvalue weighted by molar-refractivity contribution is 5.94. The van der Waals surface area contributed by atoms with E-state index in [9.17, 15) is 4.79 Å². The molecule has 0 bridgehead atoms. The molecule has 1 saturated heterocycles. The van der Waals surface area contributed by atoms with Crippen LogP contribution in [0.4, 0.5) is 5.69 Å². The van der Waals surface area contributed by atoms with E-state index in [1.807, 2.05) is 12.1 Å². The van der Waals surface area contributed by atoms with E-state index in [-0.39, 0.29) is 5.91 Å². The number of hydrogen-bond donors (Lipinski definition) is 1. The van der Waals surface area contributed by atoms with Crippen LogP contribution in [0.1, 0.15) is 59.5 Å². The van der Waals surface area contributed by atoms with Gasteiger partial charge in [0, 0.05) is 30.9 Å². The lowest BCUT2D eigenvalue weighted by molar-refractivity contribution is 0.0951. The Hall–Kier alpha value is -2.33. The van der Waals surface area contributed by atoms with Crippen molar-refractivity contribution in [2.75, 3.05) is 31.2 Å². The van der Waals surface area contributed by atoms with Crippen molar-refractivity contribution in [1.82, 2.24) is 5.32 Å². The lowest BCUT2D eigenvalue weighted by Gasteiger charge is -2.28. The molecule has 1 saturated carbocycles. The van der Waals surface area contributed by atoms with Gasteiger partial charge in [0.05, 0.1) is 13.2 Å². The molecule has 1 aliphatic heterocycles. The Kier molecular flexibility index (Phi) is 6.27. The van der Waals surface area contributed by atoms with E-state index in [0.29, 0.717) is 12.5 Å². The quantitative estimate of drug-likeness (QED) is 0.833. The van der Waals surface area contributed by atoms with E-state index >= 15 is 0 Å². The standard InChI is InChI=1S/C24H30N2O2/c27-24(22-10-8-21(9-11-22)20-4-2-1-3-5-20)25-18-19-6-12-23(13-7-19)26-14-16-28-17-15-26/h6-13,20H,1-5,14-18H2,(H,25,27). The monoisotopic (exact) mass is 378 g/mol. The van der Waals surface area contributed by atoms with Crippen LogP contribution in [0, 0.1) is 0 Å². The molecule has 0 atom stereocenters. The fourth-order valence-electron chi connectivity index (χ4n) is 4.27. The van der Waals surface area contributed by atoms with Crippen molar-refractivity contribution in [2.24, 2.45) is 0 Å². The second kappa shape index (κ2) is 9.24. The number of morpholine rings is 1. The number of benzene rings is 2. The predicted octanol–water partition coefficient (Wildman–Crippen LogP) is 4.50. The van der Waals surface area contributed by atoms with Crippen LogP contribution in [0.2, 0.25) is 0 Å². The van der Waals surface area contributed by atoms with Gasteiger partial charge in [-0.1, -0.05) is 43.5 Å². The van der Waals surface area contributed by atoms with E-state index < -0.39 is 0 Å². The first-order valence-corrected chi connectivity index (χ1v) is 10.6. The molecule has 2 aliphatic rings. The van der Waals surface area contributed by atoms with Crippen LogP contribution in [-0.4, -0.2) is 32.2 Å². The Morgan fingerprint density at radius 2 is 1.61 bits per heavy atom. The van der Waals surface area contributed by atoms with Gasteiger partial charge in [-0.25, -0.2) is 0 Å². The van der Waals surface area contributed by atoms with E-state index in [1.165, 1.54) is 43.4 Å². The molecule has 4 nitrogen and oxygen atoms in total. The molecule has 2 aromatic carbocycles. The molecule has 0 radical (unpaired) electrons. The Morgan fingerprint density at radius 3 is 2.29 bits per heavy atom. The van der Waals surface area contributed by atoms with E-state index in [1.54, 1.807) is 0 Å². The molecule has 1 aliphatic carbocycles. The summed E-state index contributed by atoms with van der Waals surface area (Å²) in [6, 6.07) is 16.7. The van der Waals surface area contributed by atoms with Gasteiger partial charge in [-0.05, 0) is 54.2 Å². The van der Waals surface area contributed by atoms with Gasteiger partial charge in [-0.2, -0.15) is 0 Å². The smallest absolute Gasteiger partial charge is 0.251 e. The Balaban J connectivity index is 1.30. The number of rotatable bonds is 5. The van der Waals surface area contributed by atoms with Crippen LogP contribution < -0.4 is 10.2 Å². The molecular weight excluding hydrogens is 348 g/mol. The molecule has 1 heterocycles. The zero-order chi connectivity index (χ0) is 19.2. The average molecular weight is 379 g/mol. The van der Waals surface area contributed by atoms with Gasteiger partial charge in [-0.3, -0.25) is 4.79 Å². The number of nitrogens with zero attached hydrogens (tertiary/aromatic N) is 1. The normalized spacial score (nSPS) is 18.1. The second-order valence-corrected chi connectivity index (χ2v) is 7.91. The summed E-state index contributed by atoms with van der Waals surface area (Å²) in [6.07, 6.45) is 6.59. The number of carbonyl (C=O) groups is 1. The largest absolute Gasteiger partial charge is 0.378 e. The van der Waals surface area contributed by atoms with Crippen LogP contribution in [0.15, 0.2) is 48.5 Å². The fourth-order valence-corrected chi connectivity index (χ4v) is 4.27. The summed E-state index contributed by atoms with van der Waals surface area (Å²) in [5.41, 5.74) is 4.46. The molecule has 0 aromatic heterocycles. The van der Waals surface area contributed by atoms with Gasteiger partial charge in [0.15, 0.2) is 0 Å². The Bertz CT molecular complexity index is 758. The maximum Gasteiger partial charge on any atom is 0.251 e. The number of carbonyl (C=O) groups excluding carboxylic acids is 1. The molecule has 148 valence electrons. The highest BCUT2D eigenvalue weighted by atomic mass is 16.5. The lowest BCUT2D eigenvalue weighted by atomic mass is 9.84. The molecule has 4 rings (SSSR count). The van der Waals surface area contributed by atoms with Crippen molar-refractivity contribution >= 4 is 11.6 Å². The summed E-state index contributed by atoms with van der Waals surface area (Å²) in [5, 5.41) is 3.04. The van der Waals surface area contributed by atoms with Gasteiger partial charge in [-0.15, -0.1) is 0 Å². The Morgan fingerprint density at radius 1 is 0.929 bits per heavy atom. The Labute approximate surface area is 167 Å². The number of anilines is 1. The van der Waals surface area contributed by atoms with Crippen molar-refractivity contribution in [1.29, 1.82) is 0 Å². The van der Waals surface area contributed by atoms with Crippen molar-refractivity contribution in [3.63, 3.8) is 0 Å². The first-order valence-electron chi connectivity index (χ1n) is 10.6. The van der Waals surface area contributed by atoms with Crippen LogP contribution >= 0.6 is 0 Å². The van der Waals surface area contributed by atoms with Crippen LogP contribution in [0.25, 0.3) is 0 Å². The third-order valence-corrected chi connectivity index (χ3v) is 6.02. The first-order chi connectivity index (χ1) is 13.8. The number of amides is 1. The molecular formula is C24H30N2O2. The van der Waals surface area contributed by atoms with Crippen molar-refractivity contribution in [2.45, 2.75) is 44.6 Å². The van der Waals surface area contributed by atoms with E-state index in [2.05, 4.69) is 46.6 Å². The molecule has 2 aromatic rings. The molecule has 4 heteroatoms. The zero-order valence-corrected chi connectivity index (χ0v) is 16.5. The maximum atomic E-state index is 12.5. The SMILES string of the molecule is O=C(NCc1ccc(N2CCOCC2)cc1)c1ccc(C2CCCCC2)cc1. The van der Waals surface area contributed by atoms with Gasteiger partial charge in [0.1, 0.15) is 0 Å². The fraction of sp³-hybridized carbons (Fsp3) is 0.458. The molecule has 1 N–H and O–H groups in total. The van der Waals surface area contributed by atoms with Gasteiger partial charge >= 0.3 is 0 Å². The summed E-state index contributed by atoms with van der Waals surface area (Å²) < 4.78 is 5.40. The molecule has 0 unspecified atom stereocenters. The maximum absolute atomic E-state index is 12.5. The van der Waals surface area contributed by atoms with E-state index in [0.717, 1.165) is 37.4 Å². The first kappa shape index (κ1) is 19.0. The third kappa shape index (κ3) is 4.74. The third-order valence-electron chi connectivity index (χ3n) is 6.02. The van der Waals surface area contributed by atoms with Crippen LogP contribution in [-0.2, 0) is 11.3 Å². The molecule has 2 fully saturated rings. The summed E-state index contributed by atoms with van der Waals surface area (Å²) >= 11 is 0. The molecule has 0 spiro atoms.